The molecule has 0 saturated heterocycles. The van der Waals surface area contributed by atoms with E-state index in [0.29, 0.717) is 0 Å². The molecule has 84 valence electrons. The SMILES string of the molecule is c1ccc(NCc2ccc3[nH]cnc3c2)cc1. The average Bonchev–Trinajstić information content (AvgIpc) is 2.85. The minimum absolute atomic E-state index is 0.812. The van der Waals surface area contributed by atoms with Crippen LogP contribution >= 0.6 is 0 Å². The lowest BCUT2D eigenvalue weighted by Crippen LogP contribution is -1.98. The average molecular weight is 223 g/mol. The van der Waals surface area contributed by atoms with Crippen molar-refractivity contribution >= 4 is 16.7 Å². The monoisotopic (exact) mass is 223 g/mol. The van der Waals surface area contributed by atoms with Gasteiger partial charge >= 0.3 is 0 Å². The summed E-state index contributed by atoms with van der Waals surface area (Å²) in [6.45, 7) is 0.812. The highest BCUT2D eigenvalue weighted by Gasteiger charge is 1.98. The first-order chi connectivity index (χ1) is 8.42. The number of nitrogens with zero attached hydrogens (tertiary/aromatic N) is 1. The molecule has 1 heterocycles. The van der Waals surface area contributed by atoms with Crippen LogP contribution in [-0.2, 0) is 6.54 Å². The van der Waals surface area contributed by atoms with E-state index in [1.807, 2.05) is 18.2 Å². The first-order valence-corrected chi connectivity index (χ1v) is 5.63. The minimum Gasteiger partial charge on any atom is -0.381 e. The molecular formula is C14H13N3. The van der Waals surface area contributed by atoms with Gasteiger partial charge in [0.25, 0.3) is 0 Å². The van der Waals surface area contributed by atoms with Gasteiger partial charge in [0.2, 0.25) is 0 Å². The molecule has 0 atom stereocenters. The van der Waals surface area contributed by atoms with Crippen molar-refractivity contribution in [3.05, 3.63) is 60.4 Å². The Morgan fingerprint density at radius 2 is 1.94 bits per heavy atom. The number of aromatic amines is 1. The van der Waals surface area contributed by atoms with Gasteiger partial charge in [0.1, 0.15) is 0 Å². The van der Waals surface area contributed by atoms with Crippen molar-refractivity contribution in [1.29, 1.82) is 0 Å². The van der Waals surface area contributed by atoms with Gasteiger partial charge in [-0.15, -0.1) is 0 Å². The molecule has 0 amide bonds. The van der Waals surface area contributed by atoms with Crippen molar-refractivity contribution < 1.29 is 0 Å². The van der Waals surface area contributed by atoms with E-state index < -0.39 is 0 Å². The van der Waals surface area contributed by atoms with Gasteiger partial charge in [0.15, 0.2) is 0 Å². The molecular weight excluding hydrogens is 210 g/mol. The Morgan fingerprint density at radius 3 is 2.82 bits per heavy atom. The zero-order chi connectivity index (χ0) is 11.5. The van der Waals surface area contributed by atoms with Crippen molar-refractivity contribution in [2.45, 2.75) is 6.54 Å². The van der Waals surface area contributed by atoms with Crippen LogP contribution in [0.3, 0.4) is 0 Å². The predicted molar refractivity (Wildman–Crippen MR) is 69.9 cm³/mol. The standard InChI is InChI=1S/C14H13N3/c1-2-4-12(5-3-1)15-9-11-6-7-13-14(8-11)17-10-16-13/h1-8,10,15H,9H2,(H,16,17). The van der Waals surface area contributed by atoms with Crippen LogP contribution in [0.5, 0.6) is 0 Å². The molecule has 0 unspecified atom stereocenters. The summed E-state index contributed by atoms with van der Waals surface area (Å²) in [6.07, 6.45) is 1.72. The Bertz CT molecular complexity index is 613. The number of fused-ring (bicyclic) bond motifs is 1. The fourth-order valence-corrected chi connectivity index (χ4v) is 1.85. The van der Waals surface area contributed by atoms with Gasteiger partial charge in [-0.2, -0.15) is 0 Å². The molecule has 0 aliphatic rings. The quantitative estimate of drug-likeness (QED) is 0.716. The summed E-state index contributed by atoms with van der Waals surface area (Å²) in [5.74, 6) is 0. The van der Waals surface area contributed by atoms with Crippen molar-refractivity contribution in [2.24, 2.45) is 0 Å². The Hall–Kier alpha value is -2.29. The first-order valence-electron chi connectivity index (χ1n) is 5.63. The molecule has 1 aromatic heterocycles. The van der Waals surface area contributed by atoms with E-state index in [1.165, 1.54) is 5.56 Å². The number of aromatic nitrogens is 2. The lowest BCUT2D eigenvalue weighted by Gasteiger charge is -2.05. The van der Waals surface area contributed by atoms with Gasteiger partial charge in [-0.25, -0.2) is 4.98 Å². The maximum Gasteiger partial charge on any atom is 0.0931 e. The zero-order valence-electron chi connectivity index (χ0n) is 9.35. The summed E-state index contributed by atoms with van der Waals surface area (Å²) in [6, 6.07) is 16.5. The second-order valence-corrected chi connectivity index (χ2v) is 3.97. The molecule has 3 nitrogen and oxygen atoms in total. The molecule has 0 fully saturated rings. The molecule has 2 aromatic carbocycles. The predicted octanol–water partition coefficient (Wildman–Crippen LogP) is 3.18. The Morgan fingerprint density at radius 1 is 1.06 bits per heavy atom. The third kappa shape index (κ3) is 2.13. The smallest absolute Gasteiger partial charge is 0.0931 e. The molecule has 17 heavy (non-hydrogen) atoms. The van der Waals surface area contributed by atoms with E-state index in [9.17, 15) is 0 Å². The van der Waals surface area contributed by atoms with Crippen LogP contribution in [0.15, 0.2) is 54.9 Å². The van der Waals surface area contributed by atoms with Crippen LogP contribution in [0.1, 0.15) is 5.56 Å². The van der Waals surface area contributed by atoms with Crippen molar-refractivity contribution in [2.75, 3.05) is 5.32 Å². The number of imidazole rings is 1. The topological polar surface area (TPSA) is 40.7 Å². The lowest BCUT2D eigenvalue weighted by atomic mass is 10.2. The number of para-hydroxylation sites is 1. The van der Waals surface area contributed by atoms with E-state index in [0.717, 1.165) is 23.3 Å². The van der Waals surface area contributed by atoms with Crippen LogP contribution in [0, 0.1) is 0 Å². The molecule has 0 aliphatic carbocycles. The van der Waals surface area contributed by atoms with Gasteiger partial charge in [-0.1, -0.05) is 24.3 Å². The molecule has 3 aromatic rings. The lowest BCUT2D eigenvalue weighted by molar-refractivity contribution is 1.15. The van der Waals surface area contributed by atoms with E-state index in [4.69, 9.17) is 0 Å². The van der Waals surface area contributed by atoms with Crippen LogP contribution in [0.25, 0.3) is 11.0 Å². The normalized spacial score (nSPS) is 10.6. The summed E-state index contributed by atoms with van der Waals surface area (Å²) >= 11 is 0. The van der Waals surface area contributed by atoms with E-state index in [-0.39, 0.29) is 0 Å². The third-order valence-electron chi connectivity index (χ3n) is 2.76. The number of nitrogens with one attached hydrogen (secondary N) is 2. The summed E-state index contributed by atoms with van der Waals surface area (Å²) in [4.78, 5) is 7.34. The Balaban J connectivity index is 1.76. The molecule has 0 spiro atoms. The molecule has 0 radical (unpaired) electrons. The van der Waals surface area contributed by atoms with E-state index in [2.05, 4.69) is 45.6 Å². The first kappa shape index (κ1) is 9.90. The van der Waals surface area contributed by atoms with Crippen LogP contribution < -0.4 is 5.32 Å². The Kier molecular flexibility index (Phi) is 2.50. The molecule has 0 bridgehead atoms. The summed E-state index contributed by atoms with van der Waals surface area (Å²) < 4.78 is 0. The second kappa shape index (κ2) is 4.29. The molecule has 3 rings (SSSR count). The summed E-state index contributed by atoms with van der Waals surface area (Å²) in [7, 11) is 0. The molecule has 3 heteroatoms. The largest absolute Gasteiger partial charge is 0.381 e. The number of benzene rings is 2. The van der Waals surface area contributed by atoms with Gasteiger partial charge in [0.05, 0.1) is 17.4 Å². The molecule has 0 saturated carbocycles. The highest BCUT2D eigenvalue weighted by atomic mass is 14.9. The highest BCUT2D eigenvalue weighted by Crippen LogP contribution is 2.13. The van der Waals surface area contributed by atoms with Gasteiger partial charge in [0, 0.05) is 12.2 Å². The van der Waals surface area contributed by atoms with Gasteiger partial charge in [-0.05, 0) is 29.8 Å². The zero-order valence-corrected chi connectivity index (χ0v) is 9.35. The van der Waals surface area contributed by atoms with Crippen molar-refractivity contribution in [3.63, 3.8) is 0 Å². The fraction of sp³-hybridized carbons (Fsp3) is 0.0714. The van der Waals surface area contributed by atoms with Crippen LogP contribution in [-0.4, -0.2) is 9.97 Å². The summed E-state index contributed by atoms with van der Waals surface area (Å²) in [5, 5.41) is 3.38. The van der Waals surface area contributed by atoms with Crippen LogP contribution in [0.4, 0.5) is 5.69 Å². The number of rotatable bonds is 3. The highest BCUT2D eigenvalue weighted by molar-refractivity contribution is 5.75. The maximum atomic E-state index is 4.25. The minimum atomic E-state index is 0.812. The third-order valence-corrected chi connectivity index (χ3v) is 2.76. The maximum absolute atomic E-state index is 4.25. The van der Waals surface area contributed by atoms with Crippen molar-refractivity contribution in [1.82, 2.24) is 9.97 Å². The van der Waals surface area contributed by atoms with E-state index in [1.54, 1.807) is 6.33 Å². The van der Waals surface area contributed by atoms with Crippen molar-refractivity contribution in [3.8, 4) is 0 Å². The fourth-order valence-electron chi connectivity index (χ4n) is 1.85. The number of anilines is 1. The Labute approximate surface area is 99.5 Å². The van der Waals surface area contributed by atoms with Gasteiger partial charge < -0.3 is 10.3 Å². The van der Waals surface area contributed by atoms with Gasteiger partial charge in [-0.3, -0.25) is 0 Å². The number of hydrogen-bond donors (Lipinski definition) is 2. The van der Waals surface area contributed by atoms with Crippen LogP contribution in [0.2, 0.25) is 0 Å². The molecule has 0 aliphatic heterocycles. The number of hydrogen-bond acceptors (Lipinski definition) is 2. The molecule has 2 N–H and O–H groups in total. The number of H-pyrrole nitrogens is 1. The van der Waals surface area contributed by atoms with E-state index >= 15 is 0 Å². The second-order valence-electron chi connectivity index (χ2n) is 3.97. The summed E-state index contributed by atoms with van der Waals surface area (Å²) in [5.41, 5.74) is 4.45.